The molecule has 1 N–H and O–H groups in total. The molecule has 37 heavy (non-hydrogen) atoms. The summed E-state index contributed by atoms with van der Waals surface area (Å²) in [6.45, 7) is 11.8. The molecule has 0 aliphatic carbocycles. The van der Waals surface area contributed by atoms with Gasteiger partial charge < -0.3 is 9.84 Å². The summed E-state index contributed by atoms with van der Waals surface area (Å²) in [5.41, 5.74) is 3.85. The van der Waals surface area contributed by atoms with Crippen LogP contribution in [0.3, 0.4) is 0 Å². The fourth-order valence-electron chi connectivity index (χ4n) is 4.57. The normalized spacial score (nSPS) is 15.8. The van der Waals surface area contributed by atoms with Crippen molar-refractivity contribution in [1.29, 1.82) is 0 Å². The highest BCUT2D eigenvalue weighted by Gasteiger charge is 2.33. The summed E-state index contributed by atoms with van der Waals surface area (Å²) in [6, 6.07) is 10.3. The van der Waals surface area contributed by atoms with Gasteiger partial charge in [0, 0.05) is 5.02 Å². The van der Waals surface area contributed by atoms with E-state index in [4.69, 9.17) is 16.3 Å². The maximum absolute atomic E-state index is 13.8. The number of carbonyl (C=O) groups excluding carboxylic acids is 1. The predicted octanol–water partition coefficient (Wildman–Crippen LogP) is 5.40. The second-order valence-corrected chi connectivity index (χ2v) is 11.2. The lowest BCUT2D eigenvalue weighted by Gasteiger charge is -2.24. The molecule has 0 fully saturated rings. The first-order chi connectivity index (χ1) is 17.5. The van der Waals surface area contributed by atoms with Gasteiger partial charge in [0.1, 0.15) is 5.75 Å². The lowest BCUT2D eigenvalue weighted by molar-refractivity contribution is -0.139. The monoisotopic (exact) mass is 538 g/mol. The van der Waals surface area contributed by atoms with E-state index in [9.17, 15) is 14.7 Å². The molecule has 1 atom stereocenters. The van der Waals surface area contributed by atoms with Crippen molar-refractivity contribution in [3.05, 3.63) is 94.6 Å². The number of thiazole rings is 1. The average molecular weight is 539 g/mol. The predicted molar refractivity (Wildman–Crippen MR) is 148 cm³/mol. The summed E-state index contributed by atoms with van der Waals surface area (Å²) in [6.07, 6.45) is 1.84. The Morgan fingerprint density at radius 1 is 1.16 bits per heavy atom. The van der Waals surface area contributed by atoms with E-state index < -0.39 is 12.0 Å². The van der Waals surface area contributed by atoms with Crippen LogP contribution in [0.15, 0.2) is 57.5 Å². The van der Waals surface area contributed by atoms with Crippen LogP contribution in [-0.4, -0.2) is 22.2 Å². The zero-order chi connectivity index (χ0) is 27.0. The van der Waals surface area contributed by atoms with Crippen LogP contribution in [0, 0.1) is 0 Å². The molecule has 8 heteroatoms. The van der Waals surface area contributed by atoms with Crippen LogP contribution < -0.4 is 14.9 Å². The third kappa shape index (κ3) is 5.15. The van der Waals surface area contributed by atoms with Gasteiger partial charge >= 0.3 is 5.97 Å². The van der Waals surface area contributed by atoms with Gasteiger partial charge in [-0.15, -0.1) is 0 Å². The smallest absolute Gasteiger partial charge is 0.338 e. The first kappa shape index (κ1) is 26.9. The maximum atomic E-state index is 13.8. The number of halogens is 1. The molecule has 1 aliphatic heterocycles. The molecule has 6 nitrogen and oxygen atoms in total. The summed E-state index contributed by atoms with van der Waals surface area (Å²) in [7, 11) is 0. The van der Waals surface area contributed by atoms with Gasteiger partial charge in [0.15, 0.2) is 4.80 Å². The number of benzene rings is 2. The zero-order valence-corrected chi connectivity index (χ0v) is 23.4. The van der Waals surface area contributed by atoms with Crippen molar-refractivity contribution in [2.75, 3.05) is 6.61 Å². The van der Waals surface area contributed by atoms with Crippen LogP contribution in [-0.2, 0) is 9.53 Å². The molecule has 2 heterocycles. The number of aromatic nitrogens is 1. The van der Waals surface area contributed by atoms with Crippen molar-refractivity contribution in [3.8, 4) is 5.75 Å². The number of allylic oxidation sites excluding steroid dienone is 1. The molecule has 3 aromatic rings. The Morgan fingerprint density at radius 3 is 2.30 bits per heavy atom. The van der Waals surface area contributed by atoms with Gasteiger partial charge in [-0.25, -0.2) is 9.79 Å². The number of phenols is 1. The topological polar surface area (TPSA) is 80.9 Å². The number of fused-ring (bicyclic) bond motifs is 1. The highest BCUT2D eigenvalue weighted by molar-refractivity contribution is 7.07. The van der Waals surface area contributed by atoms with Gasteiger partial charge in [-0.05, 0) is 78.3 Å². The van der Waals surface area contributed by atoms with Gasteiger partial charge in [-0.1, -0.05) is 62.8 Å². The largest absolute Gasteiger partial charge is 0.507 e. The van der Waals surface area contributed by atoms with E-state index in [0.29, 0.717) is 31.4 Å². The van der Waals surface area contributed by atoms with Gasteiger partial charge in [-0.3, -0.25) is 9.36 Å². The van der Waals surface area contributed by atoms with Crippen molar-refractivity contribution in [1.82, 2.24) is 4.57 Å². The third-order valence-electron chi connectivity index (χ3n) is 6.44. The number of carbonyl (C=O) groups is 1. The molecule has 0 amide bonds. The molecular weight excluding hydrogens is 508 g/mol. The highest BCUT2D eigenvalue weighted by atomic mass is 35.5. The minimum Gasteiger partial charge on any atom is -0.507 e. The van der Waals surface area contributed by atoms with E-state index in [1.165, 1.54) is 11.3 Å². The summed E-state index contributed by atoms with van der Waals surface area (Å²) < 4.78 is 7.39. The molecule has 0 spiro atoms. The van der Waals surface area contributed by atoms with Crippen molar-refractivity contribution >= 4 is 35.0 Å². The number of esters is 1. The van der Waals surface area contributed by atoms with Crippen molar-refractivity contribution in [2.45, 2.75) is 59.4 Å². The molecule has 1 aliphatic rings. The number of aromatic hydroxyl groups is 1. The molecular formula is C29H31ClN2O4S. The fraction of sp³-hybridized carbons (Fsp3) is 0.345. The number of nitrogens with zero attached hydrogens (tertiary/aromatic N) is 2. The average Bonchev–Trinajstić information content (AvgIpc) is 3.13. The molecule has 0 bridgehead atoms. The van der Waals surface area contributed by atoms with E-state index in [2.05, 4.69) is 4.99 Å². The first-order valence-corrected chi connectivity index (χ1v) is 13.5. The number of ether oxygens (including phenoxy) is 1. The zero-order valence-electron chi connectivity index (χ0n) is 21.8. The van der Waals surface area contributed by atoms with E-state index in [0.717, 1.165) is 22.3 Å². The van der Waals surface area contributed by atoms with Gasteiger partial charge in [0.2, 0.25) is 0 Å². The van der Waals surface area contributed by atoms with E-state index >= 15 is 0 Å². The summed E-state index contributed by atoms with van der Waals surface area (Å²) >= 11 is 7.40. The van der Waals surface area contributed by atoms with Crippen LogP contribution in [0.5, 0.6) is 5.75 Å². The van der Waals surface area contributed by atoms with E-state index in [1.54, 1.807) is 30.5 Å². The molecule has 4 rings (SSSR count). The van der Waals surface area contributed by atoms with Crippen molar-refractivity contribution in [3.63, 3.8) is 0 Å². The number of rotatable bonds is 6. The number of hydrogen-bond donors (Lipinski definition) is 1. The van der Waals surface area contributed by atoms with Crippen molar-refractivity contribution < 1.29 is 14.6 Å². The molecule has 0 saturated heterocycles. The van der Waals surface area contributed by atoms with Gasteiger partial charge in [0.05, 0.1) is 28.5 Å². The highest BCUT2D eigenvalue weighted by Crippen LogP contribution is 2.35. The molecule has 0 unspecified atom stereocenters. The lowest BCUT2D eigenvalue weighted by atomic mass is 9.91. The second kappa shape index (κ2) is 10.7. The fourth-order valence-corrected chi connectivity index (χ4v) is 5.74. The first-order valence-electron chi connectivity index (χ1n) is 12.3. The Labute approximate surface area is 225 Å². The Bertz CT molecular complexity index is 1530. The quantitative estimate of drug-likeness (QED) is 0.426. The molecule has 0 saturated carbocycles. The summed E-state index contributed by atoms with van der Waals surface area (Å²) in [5.74, 6) is 0.0410. The van der Waals surface area contributed by atoms with Crippen LogP contribution in [0.2, 0.25) is 5.02 Å². The standard InChI is InChI=1S/C29H31ClN2O4S/c1-7-36-28(35)24-17(6)31-29-32(25(24)19-8-10-20(30)11-9-19)27(34)23(37-29)14-18-12-21(15(2)3)26(33)22(13-18)16(4)5/h8-16,25,33H,7H2,1-6H3/b23-14-/t25-/m0/s1. The number of hydrogen-bond acceptors (Lipinski definition) is 6. The number of phenolic OH excluding ortho intramolecular Hbond substituents is 1. The molecule has 194 valence electrons. The van der Waals surface area contributed by atoms with E-state index in [1.807, 2.05) is 58.0 Å². The molecule has 2 aromatic carbocycles. The Balaban J connectivity index is 1.96. The Morgan fingerprint density at radius 2 is 1.76 bits per heavy atom. The lowest BCUT2D eigenvalue weighted by Crippen LogP contribution is -2.39. The van der Waals surface area contributed by atoms with Crippen LogP contribution in [0.25, 0.3) is 6.08 Å². The summed E-state index contributed by atoms with van der Waals surface area (Å²) in [4.78, 5) is 32.0. The van der Waals surface area contributed by atoms with Crippen LogP contribution >= 0.6 is 22.9 Å². The maximum Gasteiger partial charge on any atom is 0.338 e. The van der Waals surface area contributed by atoms with Crippen LogP contribution in [0.4, 0.5) is 0 Å². The summed E-state index contributed by atoms with van der Waals surface area (Å²) in [5, 5.41) is 11.3. The van der Waals surface area contributed by atoms with Gasteiger partial charge in [-0.2, -0.15) is 0 Å². The SMILES string of the molecule is CCOC(=O)C1=C(C)N=c2s/c(=C\c3cc(C(C)C)c(O)c(C(C)C)c3)c(=O)n2[C@H]1c1ccc(Cl)cc1. The van der Waals surface area contributed by atoms with E-state index in [-0.39, 0.29) is 24.0 Å². The van der Waals surface area contributed by atoms with Crippen LogP contribution in [0.1, 0.15) is 81.7 Å². The second-order valence-electron chi connectivity index (χ2n) is 9.71. The molecule has 1 aromatic heterocycles. The minimum absolute atomic E-state index is 0.117. The Kier molecular flexibility index (Phi) is 7.76. The molecule has 0 radical (unpaired) electrons. The van der Waals surface area contributed by atoms with Gasteiger partial charge in [0.25, 0.3) is 5.56 Å². The van der Waals surface area contributed by atoms with Crippen molar-refractivity contribution in [2.24, 2.45) is 4.99 Å². The third-order valence-corrected chi connectivity index (χ3v) is 7.67. The Hall–Kier alpha value is -3.16. The minimum atomic E-state index is -0.688.